The molecular weight excluding hydrogens is 464 g/mol. The molecule has 0 spiro atoms. The third-order valence-corrected chi connectivity index (χ3v) is 6.08. The minimum Gasteiger partial charge on any atom is -0.462 e. The lowest BCUT2D eigenvalue weighted by molar-refractivity contribution is 0.0526. The smallest absolute Gasteiger partial charge is 0.338 e. The number of hydrogen-bond acceptors (Lipinski definition) is 6. The predicted molar refractivity (Wildman–Crippen MR) is 146 cm³/mol. The van der Waals surface area contributed by atoms with E-state index in [-0.39, 0.29) is 11.5 Å². The fraction of sp³-hybridized carbons (Fsp3) is 0.133. The van der Waals surface area contributed by atoms with E-state index in [1.807, 2.05) is 73.7 Å². The first-order valence-electron chi connectivity index (χ1n) is 12.2. The lowest BCUT2D eigenvalue weighted by Crippen LogP contribution is -2.24. The maximum Gasteiger partial charge on any atom is 0.338 e. The number of nitrogens with zero attached hydrogens (tertiary/aromatic N) is 3. The van der Waals surface area contributed by atoms with Crippen molar-refractivity contribution in [1.82, 2.24) is 14.8 Å². The van der Waals surface area contributed by atoms with Gasteiger partial charge in [-0.15, -0.1) is 0 Å². The van der Waals surface area contributed by atoms with Crippen LogP contribution in [0.15, 0.2) is 96.1 Å². The van der Waals surface area contributed by atoms with Crippen LogP contribution in [-0.2, 0) is 11.3 Å². The van der Waals surface area contributed by atoms with Gasteiger partial charge in [0.15, 0.2) is 0 Å². The molecule has 184 valence electrons. The van der Waals surface area contributed by atoms with E-state index in [0.717, 1.165) is 33.2 Å². The molecule has 7 nitrogen and oxygen atoms in total. The van der Waals surface area contributed by atoms with E-state index in [0.29, 0.717) is 30.1 Å². The second-order valence-electron chi connectivity index (χ2n) is 8.48. The van der Waals surface area contributed by atoms with Gasteiger partial charge < -0.3 is 10.1 Å². The van der Waals surface area contributed by atoms with Crippen molar-refractivity contribution in [2.75, 3.05) is 11.9 Å². The van der Waals surface area contributed by atoms with Gasteiger partial charge in [-0.1, -0.05) is 54.6 Å². The highest BCUT2D eigenvalue weighted by Gasteiger charge is 2.13. The number of carbonyl (C=O) groups excluding carboxylic acids is 1. The minimum atomic E-state index is -0.351. The first kappa shape index (κ1) is 23.9. The van der Waals surface area contributed by atoms with E-state index >= 15 is 0 Å². The number of fused-ring (bicyclic) bond motifs is 1. The van der Waals surface area contributed by atoms with Crippen LogP contribution in [0.2, 0.25) is 0 Å². The largest absolute Gasteiger partial charge is 0.462 e. The topological polar surface area (TPSA) is 86.1 Å². The molecule has 1 N–H and O–H groups in total. The molecule has 0 aliphatic heterocycles. The molecular formula is C30H26N4O3. The second-order valence-corrected chi connectivity index (χ2v) is 8.48. The summed E-state index contributed by atoms with van der Waals surface area (Å²) in [5, 5.41) is 9.85. The number of hydrogen-bond donors (Lipinski definition) is 1. The third-order valence-electron chi connectivity index (χ3n) is 6.08. The molecule has 2 heterocycles. The van der Waals surface area contributed by atoms with E-state index in [4.69, 9.17) is 4.74 Å². The molecule has 0 radical (unpaired) electrons. The van der Waals surface area contributed by atoms with Gasteiger partial charge in [0.1, 0.15) is 5.69 Å². The molecule has 7 heteroatoms. The van der Waals surface area contributed by atoms with E-state index in [1.165, 1.54) is 4.68 Å². The average molecular weight is 491 g/mol. The van der Waals surface area contributed by atoms with E-state index in [2.05, 4.69) is 15.4 Å². The standard InChI is InChI=1S/C30H26N4O3/c1-3-34-29(35)27(32-28-19-31-18-24-9-5-6-14-25(24)28)17-26(33-34)22-12-7-10-20(15-22)21-11-8-13-23(16-21)30(36)37-4-2/h5-19,32H,3-4H2,1-2H3. The zero-order valence-electron chi connectivity index (χ0n) is 20.6. The Bertz CT molecular complexity index is 1650. The summed E-state index contributed by atoms with van der Waals surface area (Å²) in [5.41, 5.74) is 4.76. The quantitative estimate of drug-likeness (QED) is 0.279. The number of carbonyl (C=O) groups is 1. The van der Waals surface area contributed by atoms with Crippen molar-refractivity contribution < 1.29 is 9.53 Å². The van der Waals surface area contributed by atoms with Crippen LogP contribution in [0, 0.1) is 0 Å². The van der Waals surface area contributed by atoms with Crippen molar-refractivity contribution in [2.45, 2.75) is 20.4 Å². The fourth-order valence-electron chi connectivity index (χ4n) is 4.25. The van der Waals surface area contributed by atoms with Gasteiger partial charge >= 0.3 is 5.97 Å². The Hall–Kier alpha value is -4.78. The number of rotatable bonds is 7. The monoisotopic (exact) mass is 490 g/mol. The molecule has 3 aromatic carbocycles. The second kappa shape index (κ2) is 10.5. The zero-order chi connectivity index (χ0) is 25.8. The molecule has 0 amide bonds. The van der Waals surface area contributed by atoms with Gasteiger partial charge in [-0.25, -0.2) is 9.48 Å². The maximum atomic E-state index is 13.1. The van der Waals surface area contributed by atoms with Gasteiger partial charge in [0.25, 0.3) is 5.56 Å². The van der Waals surface area contributed by atoms with E-state index in [1.54, 1.807) is 31.5 Å². The number of benzene rings is 3. The van der Waals surface area contributed by atoms with Crippen molar-refractivity contribution in [3.05, 3.63) is 107 Å². The summed E-state index contributed by atoms with van der Waals surface area (Å²) < 4.78 is 6.59. The van der Waals surface area contributed by atoms with Crippen molar-refractivity contribution in [3.8, 4) is 22.4 Å². The molecule has 0 aliphatic carbocycles. The maximum absolute atomic E-state index is 13.1. The molecule has 0 atom stereocenters. The van der Waals surface area contributed by atoms with Crippen molar-refractivity contribution >= 4 is 28.1 Å². The molecule has 0 fully saturated rings. The summed E-state index contributed by atoms with van der Waals surface area (Å²) in [5.74, 6) is -0.351. The summed E-state index contributed by atoms with van der Waals surface area (Å²) in [7, 11) is 0. The molecule has 37 heavy (non-hydrogen) atoms. The van der Waals surface area contributed by atoms with Gasteiger partial charge in [-0.2, -0.15) is 5.10 Å². The Kier molecular flexibility index (Phi) is 6.76. The predicted octanol–water partition coefficient (Wildman–Crippen LogP) is 6.07. The molecule has 0 aliphatic rings. The van der Waals surface area contributed by atoms with Crippen LogP contribution in [-0.4, -0.2) is 27.3 Å². The van der Waals surface area contributed by atoms with Crippen LogP contribution in [0.3, 0.4) is 0 Å². The van der Waals surface area contributed by atoms with Crippen LogP contribution < -0.4 is 10.9 Å². The average Bonchev–Trinajstić information content (AvgIpc) is 2.94. The van der Waals surface area contributed by atoms with E-state index < -0.39 is 0 Å². The van der Waals surface area contributed by atoms with Crippen LogP contribution in [0.25, 0.3) is 33.2 Å². The number of aromatic nitrogens is 3. The first-order valence-corrected chi connectivity index (χ1v) is 12.2. The summed E-state index contributed by atoms with van der Waals surface area (Å²) in [4.78, 5) is 29.7. The van der Waals surface area contributed by atoms with Crippen molar-refractivity contribution in [1.29, 1.82) is 0 Å². The lowest BCUT2D eigenvalue weighted by atomic mass is 10.00. The number of nitrogens with one attached hydrogen (secondary N) is 1. The number of ether oxygens (including phenoxy) is 1. The van der Waals surface area contributed by atoms with Gasteiger partial charge in [-0.05, 0) is 49.2 Å². The molecule has 0 unspecified atom stereocenters. The van der Waals surface area contributed by atoms with Gasteiger partial charge in [0, 0.05) is 29.1 Å². The highest BCUT2D eigenvalue weighted by molar-refractivity contribution is 5.94. The van der Waals surface area contributed by atoms with E-state index in [9.17, 15) is 9.59 Å². The van der Waals surface area contributed by atoms with Gasteiger partial charge in [0.2, 0.25) is 0 Å². The minimum absolute atomic E-state index is 0.211. The summed E-state index contributed by atoms with van der Waals surface area (Å²) in [6, 6.07) is 24.9. The highest BCUT2D eigenvalue weighted by Crippen LogP contribution is 2.28. The molecule has 0 saturated carbocycles. The number of anilines is 2. The van der Waals surface area contributed by atoms with Crippen molar-refractivity contribution in [3.63, 3.8) is 0 Å². The molecule has 5 rings (SSSR count). The number of aryl methyl sites for hydroxylation is 1. The molecule has 0 saturated heterocycles. The molecule has 0 bridgehead atoms. The lowest BCUT2D eigenvalue weighted by Gasteiger charge is -2.13. The van der Waals surface area contributed by atoms with Crippen molar-refractivity contribution in [2.24, 2.45) is 0 Å². The van der Waals surface area contributed by atoms with Crippen LogP contribution in [0.4, 0.5) is 11.4 Å². The van der Waals surface area contributed by atoms with Gasteiger partial charge in [-0.3, -0.25) is 9.78 Å². The van der Waals surface area contributed by atoms with Gasteiger partial charge in [0.05, 0.1) is 29.7 Å². The zero-order valence-corrected chi connectivity index (χ0v) is 20.6. The third kappa shape index (κ3) is 4.97. The normalized spacial score (nSPS) is 10.9. The van der Waals surface area contributed by atoms with Crippen LogP contribution >= 0.6 is 0 Å². The first-order chi connectivity index (χ1) is 18.1. The number of esters is 1. The Morgan fingerprint density at radius 3 is 2.43 bits per heavy atom. The summed E-state index contributed by atoms with van der Waals surface area (Å²) >= 11 is 0. The Morgan fingerprint density at radius 1 is 0.865 bits per heavy atom. The molecule has 2 aromatic heterocycles. The molecule has 5 aromatic rings. The Labute approximate surface area is 214 Å². The van der Waals surface area contributed by atoms with Crippen LogP contribution in [0.5, 0.6) is 0 Å². The Balaban J connectivity index is 1.55. The Morgan fingerprint density at radius 2 is 1.62 bits per heavy atom. The SMILES string of the molecule is CCOC(=O)c1cccc(-c2cccc(-c3cc(Nc4cncc5ccccc45)c(=O)n(CC)n3)c2)c1. The van der Waals surface area contributed by atoms with Crippen LogP contribution in [0.1, 0.15) is 24.2 Å². The fourth-order valence-corrected chi connectivity index (χ4v) is 4.25. The summed E-state index contributed by atoms with van der Waals surface area (Å²) in [6.45, 7) is 4.42. The summed E-state index contributed by atoms with van der Waals surface area (Å²) in [6.07, 6.45) is 3.51. The highest BCUT2D eigenvalue weighted by atomic mass is 16.5. The number of pyridine rings is 1.